The number of nitrogens with zero attached hydrogens (tertiary/aromatic N) is 3. The molecule has 2 rings (SSSR count). The van der Waals surface area contributed by atoms with Crippen LogP contribution in [0.2, 0.25) is 0 Å². The molecule has 5 nitrogen and oxygen atoms in total. The molecule has 0 radical (unpaired) electrons. The third-order valence-corrected chi connectivity index (χ3v) is 2.67. The van der Waals surface area contributed by atoms with Gasteiger partial charge in [0, 0.05) is 25.4 Å². The van der Waals surface area contributed by atoms with E-state index in [1.165, 1.54) is 0 Å². The molecule has 1 aromatic heterocycles. The quantitative estimate of drug-likeness (QED) is 0.654. The maximum Gasteiger partial charge on any atom is 0.241 e. The molecule has 0 aromatic carbocycles. The molecule has 0 saturated carbocycles. The van der Waals surface area contributed by atoms with Gasteiger partial charge in [0.2, 0.25) is 5.91 Å². The lowest BCUT2D eigenvalue weighted by Gasteiger charge is -2.40. The van der Waals surface area contributed by atoms with E-state index in [9.17, 15) is 4.79 Å². The molecule has 1 aliphatic heterocycles. The minimum atomic E-state index is -0.297. The van der Waals surface area contributed by atoms with Gasteiger partial charge in [0.15, 0.2) is 0 Å². The van der Waals surface area contributed by atoms with Crippen LogP contribution in [0.1, 0.15) is 18.5 Å². The van der Waals surface area contributed by atoms with Gasteiger partial charge < -0.3 is 10.6 Å². The van der Waals surface area contributed by atoms with Crippen molar-refractivity contribution in [2.45, 2.75) is 19.0 Å². The van der Waals surface area contributed by atoms with Crippen molar-refractivity contribution in [3.05, 3.63) is 18.0 Å². The van der Waals surface area contributed by atoms with E-state index in [1.54, 1.807) is 15.8 Å². The molecule has 1 amide bonds. The lowest BCUT2D eigenvalue weighted by atomic mass is 10.0. The Balaban J connectivity index is 2.10. The van der Waals surface area contributed by atoms with Gasteiger partial charge in [0.05, 0.1) is 12.2 Å². The molecular weight excluding hydrogens is 180 g/mol. The summed E-state index contributed by atoms with van der Waals surface area (Å²) >= 11 is 0. The second kappa shape index (κ2) is 3.09. The number of carbonyl (C=O) groups excluding carboxylic acids is 1. The highest BCUT2D eigenvalue weighted by Gasteiger charge is 2.37. The highest BCUT2D eigenvalue weighted by Crippen LogP contribution is 2.24. The van der Waals surface area contributed by atoms with Crippen LogP contribution in [0.3, 0.4) is 0 Å². The highest BCUT2D eigenvalue weighted by molar-refractivity contribution is 5.88. The number of amides is 1. The van der Waals surface area contributed by atoms with Crippen LogP contribution in [-0.4, -0.2) is 33.2 Å². The van der Waals surface area contributed by atoms with Crippen molar-refractivity contribution in [1.29, 1.82) is 0 Å². The SMILES string of the molecule is CC(c1cnn(C)c1)N1CC(N)C1=O. The topological polar surface area (TPSA) is 64.2 Å². The predicted molar refractivity (Wildman–Crippen MR) is 51.3 cm³/mol. The van der Waals surface area contributed by atoms with Crippen LogP contribution in [0, 0.1) is 0 Å². The van der Waals surface area contributed by atoms with Gasteiger partial charge in [-0.05, 0) is 6.92 Å². The van der Waals surface area contributed by atoms with Gasteiger partial charge in [-0.15, -0.1) is 0 Å². The molecule has 76 valence electrons. The number of aromatic nitrogens is 2. The summed E-state index contributed by atoms with van der Waals surface area (Å²) < 4.78 is 1.73. The van der Waals surface area contributed by atoms with Gasteiger partial charge in [-0.3, -0.25) is 9.48 Å². The minimum absolute atomic E-state index is 0.0290. The van der Waals surface area contributed by atoms with Gasteiger partial charge in [-0.2, -0.15) is 5.10 Å². The van der Waals surface area contributed by atoms with Crippen LogP contribution in [0.4, 0.5) is 0 Å². The Bertz CT molecular complexity index is 359. The molecular formula is C9H14N4O. The predicted octanol–water partition coefficient (Wildman–Crippen LogP) is -0.349. The molecule has 1 aromatic rings. The minimum Gasteiger partial charge on any atom is -0.332 e. The standard InChI is InChI=1S/C9H14N4O/c1-6(7-3-11-12(2)4-7)13-5-8(10)9(13)14/h3-4,6,8H,5,10H2,1-2H3. The first-order valence-corrected chi connectivity index (χ1v) is 4.64. The fourth-order valence-corrected chi connectivity index (χ4v) is 1.67. The Morgan fingerprint density at radius 2 is 2.43 bits per heavy atom. The Morgan fingerprint density at radius 3 is 2.86 bits per heavy atom. The lowest BCUT2D eigenvalue weighted by Crippen LogP contribution is -2.61. The molecule has 5 heteroatoms. The monoisotopic (exact) mass is 194 g/mol. The first kappa shape index (κ1) is 9.21. The van der Waals surface area contributed by atoms with E-state index in [4.69, 9.17) is 5.73 Å². The number of likely N-dealkylation sites (tertiary alicyclic amines) is 1. The lowest BCUT2D eigenvalue weighted by molar-refractivity contribution is -0.145. The number of carbonyl (C=O) groups is 1. The molecule has 2 unspecified atom stereocenters. The number of rotatable bonds is 2. The summed E-state index contributed by atoms with van der Waals surface area (Å²) in [6, 6.07) is -0.217. The number of β-lactam (4-membered cyclic amide) rings is 1. The summed E-state index contributed by atoms with van der Waals surface area (Å²) in [5, 5.41) is 4.07. The van der Waals surface area contributed by atoms with Crippen molar-refractivity contribution in [3.63, 3.8) is 0 Å². The maximum absolute atomic E-state index is 11.4. The number of aryl methyl sites for hydroxylation is 1. The highest BCUT2D eigenvalue weighted by atomic mass is 16.2. The summed E-state index contributed by atoms with van der Waals surface area (Å²) in [4.78, 5) is 13.1. The molecule has 1 saturated heterocycles. The van der Waals surface area contributed by atoms with Crippen LogP contribution >= 0.6 is 0 Å². The Labute approximate surface area is 82.5 Å². The van der Waals surface area contributed by atoms with E-state index in [0.717, 1.165) is 5.56 Å². The van der Waals surface area contributed by atoms with Gasteiger partial charge in [0.25, 0.3) is 0 Å². The van der Waals surface area contributed by atoms with Crippen molar-refractivity contribution < 1.29 is 4.79 Å². The molecule has 1 aliphatic rings. The van der Waals surface area contributed by atoms with E-state index < -0.39 is 0 Å². The molecule has 0 bridgehead atoms. The summed E-state index contributed by atoms with van der Waals surface area (Å²) in [6.07, 6.45) is 3.70. The van der Waals surface area contributed by atoms with E-state index in [-0.39, 0.29) is 18.0 Å². The van der Waals surface area contributed by atoms with Crippen molar-refractivity contribution in [2.75, 3.05) is 6.54 Å². The van der Waals surface area contributed by atoms with Gasteiger partial charge in [-0.1, -0.05) is 0 Å². The van der Waals surface area contributed by atoms with Crippen molar-refractivity contribution in [1.82, 2.24) is 14.7 Å². The second-order valence-corrected chi connectivity index (χ2v) is 3.72. The zero-order chi connectivity index (χ0) is 10.3. The normalized spacial score (nSPS) is 23.5. The van der Waals surface area contributed by atoms with Crippen LogP contribution in [-0.2, 0) is 11.8 Å². The second-order valence-electron chi connectivity index (χ2n) is 3.72. The average Bonchev–Trinajstić information content (AvgIpc) is 2.59. The van der Waals surface area contributed by atoms with Gasteiger partial charge in [-0.25, -0.2) is 0 Å². The summed E-state index contributed by atoms with van der Waals surface area (Å²) in [5.41, 5.74) is 6.57. The van der Waals surface area contributed by atoms with Gasteiger partial charge in [0.1, 0.15) is 6.04 Å². The Kier molecular flexibility index (Phi) is 2.03. The maximum atomic E-state index is 11.4. The zero-order valence-electron chi connectivity index (χ0n) is 8.34. The van der Waals surface area contributed by atoms with E-state index in [0.29, 0.717) is 6.54 Å². The smallest absolute Gasteiger partial charge is 0.241 e. The van der Waals surface area contributed by atoms with Crippen molar-refractivity contribution in [3.8, 4) is 0 Å². The first-order valence-electron chi connectivity index (χ1n) is 4.64. The van der Waals surface area contributed by atoms with Crippen LogP contribution < -0.4 is 5.73 Å². The molecule has 14 heavy (non-hydrogen) atoms. The molecule has 0 aliphatic carbocycles. The van der Waals surface area contributed by atoms with E-state index in [2.05, 4.69) is 5.10 Å². The van der Waals surface area contributed by atoms with E-state index >= 15 is 0 Å². The molecule has 0 spiro atoms. The molecule has 2 heterocycles. The van der Waals surface area contributed by atoms with Gasteiger partial charge >= 0.3 is 0 Å². The summed E-state index contributed by atoms with van der Waals surface area (Å²) in [6.45, 7) is 2.63. The number of hydrogen-bond donors (Lipinski definition) is 1. The third-order valence-electron chi connectivity index (χ3n) is 2.67. The fraction of sp³-hybridized carbons (Fsp3) is 0.556. The molecule has 1 fully saturated rings. The average molecular weight is 194 g/mol. The van der Waals surface area contributed by atoms with Crippen LogP contribution in [0.15, 0.2) is 12.4 Å². The number of nitrogens with two attached hydrogens (primary N) is 1. The Morgan fingerprint density at radius 1 is 1.71 bits per heavy atom. The summed E-state index contributed by atoms with van der Waals surface area (Å²) in [5.74, 6) is 0.0290. The van der Waals surface area contributed by atoms with Crippen molar-refractivity contribution >= 4 is 5.91 Å². The summed E-state index contributed by atoms with van der Waals surface area (Å²) in [7, 11) is 1.86. The third kappa shape index (κ3) is 1.29. The largest absolute Gasteiger partial charge is 0.332 e. The van der Waals surface area contributed by atoms with Crippen LogP contribution in [0.5, 0.6) is 0 Å². The number of hydrogen-bond acceptors (Lipinski definition) is 3. The zero-order valence-corrected chi connectivity index (χ0v) is 8.34. The first-order chi connectivity index (χ1) is 6.59. The van der Waals surface area contributed by atoms with Crippen molar-refractivity contribution in [2.24, 2.45) is 12.8 Å². The fourth-order valence-electron chi connectivity index (χ4n) is 1.67. The van der Waals surface area contributed by atoms with Crippen LogP contribution in [0.25, 0.3) is 0 Å². The molecule has 2 atom stereocenters. The Hall–Kier alpha value is -1.36. The molecule has 2 N–H and O–H groups in total. The van der Waals surface area contributed by atoms with E-state index in [1.807, 2.05) is 20.2 Å².